The van der Waals surface area contributed by atoms with Gasteiger partial charge in [0.1, 0.15) is 0 Å². The molecular weight excluding hydrogens is 212 g/mol. The minimum Gasteiger partial charge on any atom is -0.393 e. The molecule has 0 saturated heterocycles. The summed E-state index contributed by atoms with van der Waals surface area (Å²) in [6.45, 7) is 6.39. The molecule has 0 radical (unpaired) electrons. The highest BCUT2D eigenvalue weighted by atomic mass is 16.3. The minimum absolute atomic E-state index is 0.178. The van der Waals surface area contributed by atoms with Crippen molar-refractivity contribution in [3.05, 3.63) is 0 Å². The average Bonchev–Trinajstić information content (AvgIpc) is 2.27. The summed E-state index contributed by atoms with van der Waals surface area (Å²) in [6.07, 6.45) is 4.71. The van der Waals surface area contributed by atoms with Gasteiger partial charge in [0.15, 0.2) is 0 Å². The Labute approximate surface area is 107 Å². The van der Waals surface area contributed by atoms with Crippen molar-refractivity contribution in [2.24, 2.45) is 11.8 Å². The molecule has 0 aromatic rings. The first kappa shape index (κ1) is 14.9. The molecule has 3 nitrogen and oxygen atoms in total. The molecule has 0 aromatic carbocycles. The molecule has 0 heterocycles. The van der Waals surface area contributed by atoms with E-state index in [0.717, 1.165) is 31.3 Å². The molecule has 1 rings (SSSR count). The molecule has 1 aliphatic rings. The maximum absolute atomic E-state index is 9.31. The summed E-state index contributed by atoms with van der Waals surface area (Å²) >= 11 is 0. The van der Waals surface area contributed by atoms with Crippen LogP contribution in [0.4, 0.5) is 0 Å². The van der Waals surface area contributed by atoms with Crippen LogP contribution in [-0.4, -0.2) is 49.3 Å². The normalized spacial score (nSPS) is 31.8. The van der Waals surface area contributed by atoms with Crippen LogP contribution in [0.25, 0.3) is 0 Å². The van der Waals surface area contributed by atoms with Crippen LogP contribution in [0.15, 0.2) is 0 Å². The van der Waals surface area contributed by atoms with Gasteiger partial charge in [-0.2, -0.15) is 0 Å². The molecule has 3 heteroatoms. The van der Waals surface area contributed by atoms with Crippen LogP contribution >= 0.6 is 0 Å². The Morgan fingerprint density at radius 3 is 2.71 bits per heavy atom. The standard InChI is InChI=1S/C14H30N2O/c1-11-5-6-14(15-3)13(9-11)10-16(4)8-7-12(2)17/h11-15,17H,5-10H2,1-4H3. The monoisotopic (exact) mass is 242 g/mol. The second-order valence-electron chi connectivity index (χ2n) is 5.97. The molecule has 17 heavy (non-hydrogen) atoms. The molecule has 1 saturated carbocycles. The molecule has 2 N–H and O–H groups in total. The van der Waals surface area contributed by atoms with Crippen molar-refractivity contribution in [2.45, 2.75) is 51.7 Å². The molecule has 0 bridgehead atoms. The van der Waals surface area contributed by atoms with Crippen molar-refractivity contribution in [3.63, 3.8) is 0 Å². The highest BCUT2D eigenvalue weighted by Crippen LogP contribution is 2.29. The summed E-state index contributed by atoms with van der Waals surface area (Å²) in [5.74, 6) is 1.64. The Balaban J connectivity index is 2.35. The van der Waals surface area contributed by atoms with E-state index in [1.165, 1.54) is 19.3 Å². The summed E-state index contributed by atoms with van der Waals surface area (Å²) in [5, 5.41) is 12.8. The Bertz CT molecular complexity index is 208. The number of nitrogens with one attached hydrogen (secondary N) is 1. The van der Waals surface area contributed by atoms with Gasteiger partial charge in [0, 0.05) is 19.1 Å². The van der Waals surface area contributed by atoms with E-state index in [1.807, 2.05) is 6.92 Å². The van der Waals surface area contributed by atoms with E-state index < -0.39 is 0 Å². The van der Waals surface area contributed by atoms with Crippen LogP contribution < -0.4 is 5.32 Å². The number of hydrogen-bond acceptors (Lipinski definition) is 3. The van der Waals surface area contributed by atoms with Crippen LogP contribution in [0.5, 0.6) is 0 Å². The lowest BCUT2D eigenvalue weighted by atomic mass is 9.78. The summed E-state index contributed by atoms with van der Waals surface area (Å²) in [7, 11) is 4.26. The minimum atomic E-state index is -0.178. The number of aliphatic hydroxyl groups is 1. The Morgan fingerprint density at radius 1 is 1.41 bits per heavy atom. The second kappa shape index (κ2) is 7.34. The van der Waals surface area contributed by atoms with Gasteiger partial charge in [-0.05, 0) is 58.5 Å². The predicted molar refractivity (Wildman–Crippen MR) is 73.1 cm³/mol. The lowest BCUT2D eigenvalue weighted by Crippen LogP contribution is -2.43. The zero-order valence-corrected chi connectivity index (χ0v) is 11.9. The van der Waals surface area contributed by atoms with E-state index in [4.69, 9.17) is 0 Å². The van der Waals surface area contributed by atoms with Gasteiger partial charge in [0.25, 0.3) is 0 Å². The van der Waals surface area contributed by atoms with Crippen molar-refractivity contribution < 1.29 is 5.11 Å². The predicted octanol–water partition coefficient (Wildman–Crippen LogP) is 1.71. The van der Waals surface area contributed by atoms with Gasteiger partial charge >= 0.3 is 0 Å². The molecule has 0 aliphatic heterocycles. The summed E-state index contributed by atoms with van der Waals surface area (Å²) in [5.41, 5.74) is 0. The molecule has 0 aromatic heterocycles. The third kappa shape index (κ3) is 5.36. The Morgan fingerprint density at radius 2 is 2.12 bits per heavy atom. The number of hydrogen-bond donors (Lipinski definition) is 2. The molecule has 0 amide bonds. The number of aliphatic hydroxyl groups excluding tert-OH is 1. The fourth-order valence-electron chi connectivity index (χ4n) is 2.98. The highest BCUT2D eigenvalue weighted by Gasteiger charge is 2.28. The van der Waals surface area contributed by atoms with Crippen molar-refractivity contribution in [1.29, 1.82) is 0 Å². The van der Waals surface area contributed by atoms with E-state index in [9.17, 15) is 5.11 Å². The van der Waals surface area contributed by atoms with Crippen molar-refractivity contribution in [1.82, 2.24) is 10.2 Å². The van der Waals surface area contributed by atoms with Crippen molar-refractivity contribution in [3.8, 4) is 0 Å². The lowest BCUT2D eigenvalue weighted by molar-refractivity contribution is 0.136. The molecule has 0 spiro atoms. The van der Waals surface area contributed by atoms with Crippen molar-refractivity contribution >= 4 is 0 Å². The average molecular weight is 242 g/mol. The largest absolute Gasteiger partial charge is 0.393 e. The quantitative estimate of drug-likeness (QED) is 0.744. The fourth-order valence-corrected chi connectivity index (χ4v) is 2.98. The molecule has 102 valence electrons. The van der Waals surface area contributed by atoms with Crippen LogP contribution in [0.2, 0.25) is 0 Å². The molecule has 1 fully saturated rings. The lowest BCUT2D eigenvalue weighted by Gasteiger charge is -2.37. The van der Waals surface area contributed by atoms with Crippen LogP contribution in [0, 0.1) is 11.8 Å². The van der Waals surface area contributed by atoms with Gasteiger partial charge in [-0.1, -0.05) is 6.92 Å². The zero-order valence-electron chi connectivity index (χ0n) is 11.9. The third-order valence-corrected chi connectivity index (χ3v) is 4.09. The van der Waals surface area contributed by atoms with Gasteiger partial charge in [0.05, 0.1) is 6.10 Å². The summed E-state index contributed by atoms with van der Waals surface area (Å²) < 4.78 is 0. The summed E-state index contributed by atoms with van der Waals surface area (Å²) in [4.78, 5) is 2.37. The van der Waals surface area contributed by atoms with Gasteiger partial charge in [-0.25, -0.2) is 0 Å². The first-order valence-electron chi connectivity index (χ1n) is 7.06. The molecular formula is C14H30N2O. The summed E-state index contributed by atoms with van der Waals surface area (Å²) in [6, 6.07) is 0.681. The number of rotatable bonds is 6. The first-order valence-corrected chi connectivity index (χ1v) is 7.06. The van der Waals surface area contributed by atoms with Gasteiger partial charge in [-0.3, -0.25) is 0 Å². The molecule has 4 unspecified atom stereocenters. The van der Waals surface area contributed by atoms with E-state index in [1.54, 1.807) is 0 Å². The van der Waals surface area contributed by atoms with E-state index in [0.29, 0.717) is 6.04 Å². The van der Waals surface area contributed by atoms with Gasteiger partial charge < -0.3 is 15.3 Å². The zero-order chi connectivity index (χ0) is 12.8. The smallest absolute Gasteiger partial charge is 0.0524 e. The topological polar surface area (TPSA) is 35.5 Å². The highest BCUT2D eigenvalue weighted by molar-refractivity contribution is 4.84. The SMILES string of the molecule is CNC1CCC(C)CC1CN(C)CCC(C)O. The molecule has 4 atom stereocenters. The van der Waals surface area contributed by atoms with Crippen LogP contribution in [0.1, 0.15) is 39.5 Å². The maximum atomic E-state index is 9.31. The maximum Gasteiger partial charge on any atom is 0.0524 e. The second-order valence-corrected chi connectivity index (χ2v) is 5.97. The van der Waals surface area contributed by atoms with E-state index >= 15 is 0 Å². The van der Waals surface area contributed by atoms with Crippen molar-refractivity contribution in [2.75, 3.05) is 27.2 Å². The Hall–Kier alpha value is -0.120. The van der Waals surface area contributed by atoms with Crippen LogP contribution in [-0.2, 0) is 0 Å². The fraction of sp³-hybridized carbons (Fsp3) is 1.00. The Kier molecular flexibility index (Phi) is 6.45. The van der Waals surface area contributed by atoms with E-state index in [-0.39, 0.29) is 6.10 Å². The van der Waals surface area contributed by atoms with Gasteiger partial charge in [-0.15, -0.1) is 0 Å². The van der Waals surface area contributed by atoms with Crippen LogP contribution in [0.3, 0.4) is 0 Å². The first-order chi connectivity index (χ1) is 8.02. The third-order valence-electron chi connectivity index (χ3n) is 4.09. The van der Waals surface area contributed by atoms with E-state index in [2.05, 4.69) is 31.2 Å². The number of nitrogens with zero attached hydrogens (tertiary/aromatic N) is 1. The van der Waals surface area contributed by atoms with Gasteiger partial charge in [0.2, 0.25) is 0 Å². The molecule has 1 aliphatic carbocycles.